The molecule has 0 saturated carbocycles. The SMILES string of the molecule is O=C(N[C@H]1COC2(CCN(Cc3ccoc3)CC2)C1)c1cccs1. The van der Waals surface area contributed by atoms with E-state index in [9.17, 15) is 4.79 Å². The van der Waals surface area contributed by atoms with Crippen LogP contribution in [0.5, 0.6) is 0 Å². The van der Waals surface area contributed by atoms with Crippen molar-refractivity contribution in [3.8, 4) is 0 Å². The largest absolute Gasteiger partial charge is 0.472 e. The maximum atomic E-state index is 12.2. The van der Waals surface area contributed by atoms with Gasteiger partial charge < -0.3 is 14.5 Å². The highest BCUT2D eigenvalue weighted by atomic mass is 32.1. The van der Waals surface area contributed by atoms with Gasteiger partial charge in [0.2, 0.25) is 0 Å². The Morgan fingerprint density at radius 3 is 2.96 bits per heavy atom. The number of ether oxygens (including phenoxy) is 1. The second kappa shape index (κ2) is 6.70. The summed E-state index contributed by atoms with van der Waals surface area (Å²) in [6, 6.07) is 5.91. The summed E-state index contributed by atoms with van der Waals surface area (Å²) in [6.07, 6.45) is 6.50. The first kappa shape index (κ1) is 15.9. The molecule has 24 heavy (non-hydrogen) atoms. The lowest BCUT2D eigenvalue weighted by Crippen LogP contribution is -2.44. The number of nitrogens with one attached hydrogen (secondary N) is 1. The van der Waals surface area contributed by atoms with Gasteiger partial charge in [-0.2, -0.15) is 0 Å². The lowest BCUT2D eigenvalue weighted by Gasteiger charge is -2.38. The molecule has 2 aliphatic rings. The topological polar surface area (TPSA) is 54.7 Å². The number of carbonyl (C=O) groups excluding carboxylic acids is 1. The second-order valence-corrected chi connectivity index (χ2v) is 7.70. The zero-order valence-corrected chi connectivity index (χ0v) is 14.4. The summed E-state index contributed by atoms with van der Waals surface area (Å²) < 4.78 is 11.3. The number of rotatable bonds is 4. The Balaban J connectivity index is 1.28. The quantitative estimate of drug-likeness (QED) is 0.925. The molecule has 1 atom stereocenters. The highest BCUT2D eigenvalue weighted by Gasteiger charge is 2.43. The first-order valence-corrected chi connectivity index (χ1v) is 9.32. The van der Waals surface area contributed by atoms with Gasteiger partial charge in [0.15, 0.2) is 0 Å². The number of piperidine rings is 1. The van der Waals surface area contributed by atoms with Crippen molar-refractivity contribution in [3.05, 3.63) is 46.5 Å². The van der Waals surface area contributed by atoms with E-state index in [1.807, 2.05) is 29.8 Å². The predicted octanol–water partition coefficient (Wildman–Crippen LogP) is 2.89. The van der Waals surface area contributed by atoms with Gasteiger partial charge in [0.05, 0.1) is 35.7 Å². The van der Waals surface area contributed by atoms with Crippen LogP contribution in [0.2, 0.25) is 0 Å². The minimum absolute atomic E-state index is 0.0213. The molecule has 1 amide bonds. The Morgan fingerprint density at radius 1 is 1.38 bits per heavy atom. The summed E-state index contributed by atoms with van der Waals surface area (Å²) in [7, 11) is 0. The summed E-state index contributed by atoms with van der Waals surface area (Å²) in [5.74, 6) is 0.0213. The monoisotopic (exact) mass is 346 g/mol. The van der Waals surface area contributed by atoms with Gasteiger partial charge in [-0.3, -0.25) is 9.69 Å². The number of furan rings is 1. The minimum Gasteiger partial charge on any atom is -0.472 e. The van der Waals surface area contributed by atoms with E-state index in [4.69, 9.17) is 9.15 Å². The molecule has 2 aromatic rings. The molecule has 1 spiro atoms. The fourth-order valence-corrected chi connectivity index (χ4v) is 4.34. The van der Waals surface area contributed by atoms with E-state index >= 15 is 0 Å². The molecular formula is C18H22N2O3S. The molecule has 2 aliphatic heterocycles. The number of nitrogens with zero attached hydrogens (tertiary/aromatic N) is 1. The van der Waals surface area contributed by atoms with Gasteiger partial charge in [-0.05, 0) is 36.8 Å². The zero-order chi connectivity index (χ0) is 16.4. The third-order valence-electron chi connectivity index (χ3n) is 5.04. The molecule has 0 radical (unpaired) electrons. The zero-order valence-electron chi connectivity index (χ0n) is 13.6. The number of amides is 1. The van der Waals surface area contributed by atoms with Crippen LogP contribution in [0.15, 0.2) is 40.5 Å². The molecule has 2 fully saturated rings. The molecule has 6 heteroatoms. The van der Waals surface area contributed by atoms with Gasteiger partial charge in [0.25, 0.3) is 5.91 Å². The molecule has 2 saturated heterocycles. The van der Waals surface area contributed by atoms with Crippen molar-refractivity contribution in [1.29, 1.82) is 0 Å². The summed E-state index contributed by atoms with van der Waals surface area (Å²) >= 11 is 1.48. The van der Waals surface area contributed by atoms with Crippen molar-refractivity contribution < 1.29 is 13.9 Å². The number of hydrogen-bond donors (Lipinski definition) is 1. The van der Waals surface area contributed by atoms with Crippen molar-refractivity contribution in [2.45, 2.75) is 37.5 Å². The van der Waals surface area contributed by atoms with Crippen LogP contribution < -0.4 is 5.32 Å². The smallest absolute Gasteiger partial charge is 0.261 e. The van der Waals surface area contributed by atoms with E-state index in [1.165, 1.54) is 16.9 Å². The maximum absolute atomic E-state index is 12.2. The maximum Gasteiger partial charge on any atom is 0.261 e. The average molecular weight is 346 g/mol. The molecule has 4 heterocycles. The predicted molar refractivity (Wildman–Crippen MR) is 92.1 cm³/mol. The van der Waals surface area contributed by atoms with Crippen LogP contribution in [0.3, 0.4) is 0 Å². The average Bonchev–Trinajstić information content (AvgIpc) is 3.33. The molecule has 0 aromatic carbocycles. The van der Waals surface area contributed by atoms with E-state index in [0.29, 0.717) is 6.61 Å². The van der Waals surface area contributed by atoms with Crippen LogP contribution >= 0.6 is 11.3 Å². The number of carbonyl (C=O) groups is 1. The van der Waals surface area contributed by atoms with Crippen molar-refractivity contribution >= 4 is 17.2 Å². The van der Waals surface area contributed by atoms with E-state index in [-0.39, 0.29) is 17.6 Å². The summed E-state index contributed by atoms with van der Waals surface area (Å²) in [5.41, 5.74) is 1.17. The van der Waals surface area contributed by atoms with Gasteiger partial charge in [0.1, 0.15) is 0 Å². The van der Waals surface area contributed by atoms with E-state index in [0.717, 1.165) is 43.8 Å². The van der Waals surface area contributed by atoms with Crippen LogP contribution in [0.25, 0.3) is 0 Å². The van der Waals surface area contributed by atoms with Crippen molar-refractivity contribution in [2.75, 3.05) is 19.7 Å². The third kappa shape index (κ3) is 3.41. The minimum atomic E-state index is -0.0553. The first-order chi connectivity index (χ1) is 11.7. The van der Waals surface area contributed by atoms with E-state index in [2.05, 4.69) is 10.2 Å². The highest BCUT2D eigenvalue weighted by molar-refractivity contribution is 7.12. The molecule has 128 valence electrons. The standard InChI is InChI=1S/C18H22N2O3S/c21-17(16-2-1-9-24-16)19-15-10-18(23-13-15)4-6-20(7-5-18)11-14-3-8-22-12-14/h1-3,8-9,12,15H,4-7,10-11,13H2,(H,19,21)/t15-/m1/s1. The Kier molecular flexibility index (Phi) is 4.43. The Morgan fingerprint density at radius 2 is 2.25 bits per heavy atom. The summed E-state index contributed by atoms with van der Waals surface area (Å²) in [4.78, 5) is 15.4. The second-order valence-electron chi connectivity index (χ2n) is 6.75. The van der Waals surface area contributed by atoms with Gasteiger partial charge >= 0.3 is 0 Å². The molecule has 1 N–H and O–H groups in total. The fourth-order valence-electron chi connectivity index (χ4n) is 3.71. The van der Waals surface area contributed by atoms with Crippen molar-refractivity contribution in [3.63, 3.8) is 0 Å². The first-order valence-electron chi connectivity index (χ1n) is 8.44. The Hall–Kier alpha value is -1.63. The molecule has 0 aliphatic carbocycles. The molecule has 2 aromatic heterocycles. The third-order valence-corrected chi connectivity index (χ3v) is 5.91. The van der Waals surface area contributed by atoms with Crippen LogP contribution in [0.1, 0.15) is 34.5 Å². The molecule has 5 nitrogen and oxygen atoms in total. The number of hydrogen-bond acceptors (Lipinski definition) is 5. The van der Waals surface area contributed by atoms with Crippen LogP contribution in [0.4, 0.5) is 0 Å². The van der Waals surface area contributed by atoms with Gasteiger partial charge in [-0.25, -0.2) is 0 Å². The summed E-state index contributed by atoms with van der Waals surface area (Å²) in [5, 5.41) is 5.05. The van der Waals surface area contributed by atoms with Crippen LogP contribution in [0, 0.1) is 0 Å². The fraction of sp³-hybridized carbons (Fsp3) is 0.500. The lowest BCUT2D eigenvalue weighted by molar-refractivity contribution is -0.0449. The Bertz CT molecular complexity index is 661. The van der Waals surface area contributed by atoms with Crippen LogP contribution in [-0.4, -0.2) is 42.1 Å². The molecule has 4 rings (SSSR count). The van der Waals surface area contributed by atoms with Crippen molar-refractivity contribution in [1.82, 2.24) is 10.2 Å². The highest BCUT2D eigenvalue weighted by Crippen LogP contribution is 2.36. The van der Waals surface area contributed by atoms with Gasteiger partial charge in [0, 0.05) is 25.2 Å². The van der Waals surface area contributed by atoms with Crippen LogP contribution in [-0.2, 0) is 11.3 Å². The lowest BCUT2D eigenvalue weighted by atomic mass is 9.87. The molecule has 0 unspecified atom stereocenters. The molecule has 0 bridgehead atoms. The van der Waals surface area contributed by atoms with E-state index < -0.39 is 0 Å². The summed E-state index contributed by atoms with van der Waals surface area (Å²) in [6.45, 7) is 3.61. The number of thiophene rings is 1. The number of likely N-dealkylation sites (tertiary alicyclic amines) is 1. The van der Waals surface area contributed by atoms with Gasteiger partial charge in [-0.15, -0.1) is 11.3 Å². The van der Waals surface area contributed by atoms with Crippen molar-refractivity contribution in [2.24, 2.45) is 0 Å². The van der Waals surface area contributed by atoms with Gasteiger partial charge in [-0.1, -0.05) is 6.07 Å². The normalized spacial score (nSPS) is 23.6. The Labute approximate surface area is 145 Å². The van der Waals surface area contributed by atoms with E-state index in [1.54, 1.807) is 6.26 Å². The molecular weight excluding hydrogens is 324 g/mol.